The van der Waals surface area contributed by atoms with Gasteiger partial charge in [-0.25, -0.2) is 13.8 Å². The molecule has 2 aromatic rings. The van der Waals surface area contributed by atoms with Gasteiger partial charge in [0.1, 0.15) is 16.3 Å². The van der Waals surface area contributed by atoms with Crippen molar-refractivity contribution >= 4 is 12.2 Å². The van der Waals surface area contributed by atoms with Crippen LogP contribution < -0.4 is 0 Å². The average Bonchev–Trinajstić information content (AvgIpc) is 2.23. The first-order valence-corrected chi connectivity index (χ1v) is 4.57. The van der Waals surface area contributed by atoms with Crippen LogP contribution in [-0.2, 0) is 0 Å². The maximum absolute atomic E-state index is 13.4. The number of hydrogen-bond acceptors (Lipinski definition) is 2. The van der Waals surface area contributed by atoms with Gasteiger partial charge < -0.3 is 4.98 Å². The van der Waals surface area contributed by atoms with Gasteiger partial charge in [0, 0.05) is 17.3 Å². The Morgan fingerprint density at radius 2 is 2.00 bits per heavy atom. The average molecular weight is 224 g/mol. The van der Waals surface area contributed by atoms with Gasteiger partial charge in [-0.05, 0) is 18.2 Å². The lowest BCUT2D eigenvalue weighted by molar-refractivity contribution is 0.603. The molecule has 0 fully saturated rings. The van der Waals surface area contributed by atoms with Gasteiger partial charge in [-0.3, -0.25) is 0 Å². The Bertz CT molecular complexity index is 551. The summed E-state index contributed by atoms with van der Waals surface area (Å²) in [6.07, 6.45) is 2.79. The van der Waals surface area contributed by atoms with E-state index in [-0.39, 0.29) is 5.56 Å². The number of rotatable bonds is 1. The highest BCUT2D eigenvalue weighted by atomic mass is 32.1. The third kappa shape index (κ3) is 1.92. The van der Waals surface area contributed by atoms with Crippen LogP contribution >= 0.6 is 12.2 Å². The standard InChI is InChI=1S/C10H6F2N2S/c11-6-1-2-9(12)7(3-6)8-4-13-5-14-10(8)15/h1-5H,(H,13,14,15). The summed E-state index contributed by atoms with van der Waals surface area (Å²) in [7, 11) is 0. The predicted octanol–water partition coefficient (Wildman–Crippen LogP) is 3.08. The van der Waals surface area contributed by atoms with E-state index in [1.54, 1.807) is 0 Å². The molecule has 5 heteroatoms. The molecule has 0 aliphatic carbocycles. The molecule has 1 N–H and O–H groups in total. The first-order chi connectivity index (χ1) is 7.18. The van der Waals surface area contributed by atoms with Crippen LogP contribution in [-0.4, -0.2) is 9.97 Å². The van der Waals surface area contributed by atoms with E-state index in [4.69, 9.17) is 12.2 Å². The largest absolute Gasteiger partial charge is 0.337 e. The van der Waals surface area contributed by atoms with Crippen molar-refractivity contribution in [2.24, 2.45) is 0 Å². The normalized spacial score (nSPS) is 10.3. The summed E-state index contributed by atoms with van der Waals surface area (Å²) in [5.41, 5.74) is 0.494. The highest BCUT2D eigenvalue weighted by molar-refractivity contribution is 7.71. The molecule has 0 spiro atoms. The molecule has 0 unspecified atom stereocenters. The summed E-state index contributed by atoms with van der Waals surface area (Å²) in [6.45, 7) is 0. The Morgan fingerprint density at radius 1 is 1.20 bits per heavy atom. The lowest BCUT2D eigenvalue weighted by Crippen LogP contribution is -1.89. The van der Waals surface area contributed by atoms with Gasteiger partial charge >= 0.3 is 0 Å². The van der Waals surface area contributed by atoms with Gasteiger partial charge in [-0.1, -0.05) is 12.2 Å². The molecule has 0 amide bonds. The van der Waals surface area contributed by atoms with E-state index in [2.05, 4.69) is 9.97 Å². The van der Waals surface area contributed by atoms with Crippen molar-refractivity contribution in [1.29, 1.82) is 0 Å². The lowest BCUT2D eigenvalue weighted by atomic mass is 10.1. The highest BCUT2D eigenvalue weighted by Gasteiger charge is 2.08. The molecule has 0 saturated carbocycles. The molecular weight excluding hydrogens is 218 g/mol. The van der Waals surface area contributed by atoms with Crippen LogP contribution in [0.3, 0.4) is 0 Å². The van der Waals surface area contributed by atoms with Crippen LogP contribution in [0.5, 0.6) is 0 Å². The molecule has 2 rings (SSSR count). The summed E-state index contributed by atoms with van der Waals surface area (Å²) in [5, 5.41) is 0. The summed E-state index contributed by atoms with van der Waals surface area (Å²) >= 11 is 4.95. The van der Waals surface area contributed by atoms with E-state index in [0.29, 0.717) is 10.2 Å². The maximum atomic E-state index is 13.4. The van der Waals surface area contributed by atoms with Gasteiger partial charge in [0.05, 0.1) is 6.33 Å². The highest BCUT2D eigenvalue weighted by Crippen LogP contribution is 2.23. The number of benzene rings is 1. The summed E-state index contributed by atoms with van der Waals surface area (Å²) in [6, 6.07) is 3.21. The molecule has 2 nitrogen and oxygen atoms in total. The zero-order valence-electron chi connectivity index (χ0n) is 7.50. The van der Waals surface area contributed by atoms with E-state index in [0.717, 1.165) is 18.2 Å². The molecular formula is C10H6F2N2S. The van der Waals surface area contributed by atoms with Crippen LogP contribution in [0, 0.1) is 16.3 Å². The number of aromatic amines is 1. The van der Waals surface area contributed by atoms with E-state index < -0.39 is 11.6 Å². The zero-order valence-corrected chi connectivity index (χ0v) is 8.31. The van der Waals surface area contributed by atoms with Crippen molar-refractivity contribution in [3.8, 4) is 11.1 Å². The monoisotopic (exact) mass is 224 g/mol. The minimum atomic E-state index is -0.524. The number of hydrogen-bond donors (Lipinski definition) is 1. The predicted molar refractivity (Wildman–Crippen MR) is 54.8 cm³/mol. The Morgan fingerprint density at radius 3 is 2.73 bits per heavy atom. The van der Waals surface area contributed by atoms with Crippen molar-refractivity contribution in [2.45, 2.75) is 0 Å². The van der Waals surface area contributed by atoms with Gasteiger partial charge in [0.2, 0.25) is 0 Å². The fraction of sp³-hybridized carbons (Fsp3) is 0. The minimum Gasteiger partial charge on any atom is -0.337 e. The fourth-order valence-corrected chi connectivity index (χ4v) is 1.46. The second-order valence-corrected chi connectivity index (χ2v) is 3.33. The lowest BCUT2D eigenvalue weighted by Gasteiger charge is -2.02. The topological polar surface area (TPSA) is 28.7 Å². The van der Waals surface area contributed by atoms with Crippen LogP contribution in [0.15, 0.2) is 30.7 Å². The van der Waals surface area contributed by atoms with E-state index in [1.807, 2.05) is 0 Å². The van der Waals surface area contributed by atoms with E-state index >= 15 is 0 Å². The molecule has 1 heterocycles. The van der Waals surface area contributed by atoms with Crippen LogP contribution in [0.2, 0.25) is 0 Å². The summed E-state index contributed by atoms with van der Waals surface area (Å²) in [5.74, 6) is -1.03. The van der Waals surface area contributed by atoms with Crippen molar-refractivity contribution < 1.29 is 8.78 Å². The number of nitrogens with zero attached hydrogens (tertiary/aromatic N) is 1. The van der Waals surface area contributed by atoms with E-state index in [1.165, 1.54) is 12.5 Å². The van der Waals surface area contributed by atoms with Crippen molar-refractivity contribution in [2.75, 3.05) is 0 Å². The molecule has 0 aliphatic rings. The quantitative estimate of drug-likeness (QED) is 0.754. The summed E-state index contributed by atoms with van der Waals surface area (Å²) < 4.78 is 26.6. The Balaban J connectivity index is 2.69. The van der Waals surface area contributed by atoms with Crippen LogP contribution in [0.4, 0.5) is 8.78 Å². The molecule has 0 saturated heterocycles. The van der Waals surface area contributed by atoms with Crippen molar-refractivity contribution in [3.63, 3.8) is 0 Å². The van der Waals surface area contributed by atoms with Crippen molar-refractivity contribution in [3.05, 3.63) is 47.0 Å². The fourth-order valence-electron chi connectivity index (χ4n) is 1.24. The Labute approximate surface area is 89.6 Å². The Hall–Kier alpha value is -1.62. The van der Waals surface area contributed by atoms with E-state index in [9.17, 15) is 8.78 Å². The second kappa shape index (κ2) is 3.86. The first kappa shape index (κ1) is 9.92. The number of nitrogens with one attached hydrogen (secondary N) is 1. The number of aromatic nitrogens is 2. The third-order valence-electron chi connectivity index (χ3n) is 1.94. The van der Waals surface area contributed by atoms with Crippen molar-refractivity contribution in [1.82, 2.24) is 9.97 Å². The van der Waals surface area contributed by atoms with Crippen LogP contribution in [0.25, 0.3) is 11.1 Å². The SMILES string of the molecule is Fc1ccc(F)c(-c2cnc[nH]c2=S)c1. The molecule has 1 aromatic heterocycles. The molecule has 1 aromatic carbocycles. The van der Waals surface area contributed by atoms with Gasteiger partial charge in [-0.2, -0.15) is 0 Å². The summed E-state index contributed by atoms with van der Waals surface area (Å²) in [4.78, 5) is 6.44. The smallest absolute Gasteiger partial charge is 0.131 e. The van der Waals surface area contributed by atoms with Gasteiger partial charge in [0.15, 0.2) is 0 Å². The second-order valence-electron chi connectivity index (χ2n) is 2.92. The molecule has 0 atom stereocenters. The third-order valence-corrected chi connectivity index (χ3v) is 2.27. The van der Waals surface area contributed by atoms with Crippen LogP contribution in [0.1, 0.15) is 0 Å². The molecule has 0 aliphatic heterocycles. The first-order valence-electron chi connectivity index (χ1n) is 4.16. The molecule has 0 bridgehead atoms. The zero-order chi connectivity index (χ0) is 10.8. The molecule has 76 valence electrons. The Kier molecular flexibility index (Phi) is 2.55. The molecule has 0 radical (unpaired) electrons. The number of H-pyrrole nitrogens is 1. The molecule has 15 heavy (non-hydrogen) atoms. The maximum Gasteiger partial charge on any atom is 0.131 e. The minimum absolute atomic E-state index is 0.115. The number of halogens is 2. The van der Waals surface area contributed by atoms with Gasteiger partial charge in [0.25, 0.3) is 0 Å². The van der Waals surface area contributed by atoms with Gasteiger partial charge in [-0.15, -0.1) is 0 Å².